The molecule has 0 fully saturated rings. The van der Waals surface area contributed by atoms with E-state index in [9.17, 15) is 0 Å². The highest BCUT2D eigenvalue weighted by Crippen LogP contribution is 1.83. The van der Waals surface area contributed by atoms with Crippen LogP contribution in [-0.4, -0.2) is 94.0 Å². The van der Waals surface area contributed by atoms with Crippen molar-refractivity contribution in [2.75, 3.05) is 39.5 Å². The van der Waals surface area contributed by atoms with E-state index in [1.807, 2.05) is 6.92 Å². The minimum atomic E-state index is -0.833. The lowest BCUT2D eigenvalue weighted by Gasteiger charge is -2.04. The molecule has 0 aliphatic carbocycles. The first-order valence-corrected chi connectivity index (χ1v) is 8.59. The van der Waals surface area contributed by atoms with Crippen LogP contribution >= 0.6 is 12.2 Å². The number of aliphatic hydroxyl groups is 1. The fraction of sp³-hybridized carbons (Fsp3) is 0.688. The normalized spacial score (nSPS) is 7.47. The number of ether oxygens (including phenoxy) is 2. The first-order chi connectivity index (χ1) is 13.7. The molecule has 0 aromatic rings. The predicted molar refractivity (Wildman–Crippen MR) is 113 cm³/mol. The molecular weight excluding hydrogens is 428 g/mol. The van der Waals surface area contributed by atoms with Crippen molar-refractivity contribution >= 4 is 41.1 Å². The van der Waals surface area contributed by atoms with Crippen molar-refractivity contribution in [1.82, 2.24) is 0 Å². The van der Waals surface area contributed by atoms with E-state index >= 15 is 0 Å². The lowest BCUT2D eigenvalue weighted by Crippen LogP contribution is -2.12. The van der Waals surface area contributed by atoms with Gasteiger partial charge in [0.15, 0.2) is 5.05 Å². The topological polar surface area (TPSA) is 240 Å². The van der Waals surface area contributed by atoms with Crippen molar-refractivity contribution < 1.29 is 54.2 Å². The number of rotatable bonds is 6. The molecule has 0 heterocycles. The lowest BCUT2D eigenvalue weighted by atomic mass is 10.7. The number of thiocarbonyl (C=S) groups is 1. The van der Waals surface area contributed by atoms with Crippen LogP contribution in [0.2, 0.25) is 0 Å². The second-order valence-corrected chi connectivity index (χ2v) is 4.69. The van der Waals surface area contributed by atoms with Crippen molar-refractivity contribution in [3.63, 3.8) is 0 Å². The van der Waals surface area contributed by atoms with Gasteiger partial charge in [-0.2, -0.15) is 0 Å². The third-order valence-corrected chi connectivity index (χ3v) is 1.18. The van der Waals surface area contributed by atoms with E-state index in [0.717, 1.165) is 27.7 Å². The molecule has 0 unspecified atom stereocenters. The van der Waals surface area contributed by atoms with Crippen LogP contribution in [0.3, 0.4) is 0 Å². The van der Waals surface area contributed by atoms with Gasteiger partial charge >= 0.3 is 0 Å². The van der Waals surface area contributed by atoms with Gasteiger partial charge in [0.25, 0.3) is 23.9 Å². The highest BCUT2D eigenvalue weighted by Gasteiger charge is 1.94. The Kier molecular flexibility index (Phi) is 57.3. The van der Waals surface area contributed by atoms with Gasteiger partial charge in [-0.3, -0.25) is 19.2 Å². The molecule has 0 amide bonds. The fourth-order valence-corrected chi connectivity index (χ4v) is 0.553. The van der Waals surface area contributed by atoms with Crippen LogP contribution in [0, 0.1) is 0 Å². The third-order valence-electron chi connectivity index (χ3n) is 0.945. The van der Waals surface area contributed by atoms with Gasteiger partial charge < -0.3 is 46.5 Å². The van der Waals surface area contributed by atoms with Crippen molar-refractivity contribution in [3.8, 4) is 0 Å². The van der Waals surface area contributed by atoms with E-state index < -0.39 is 23.9 Å². The minimum Gasteiger partial charge on any atom is -0.482 e. The molecule has 182 valence electrons. The van der Waals surface area contributed by atoms with E-state index in [1.54, 1.807) is 0 Å². The zero-order valence-electron chi connectivity index (χ0n) is 18.0. The minimum absolute atomic E-state index is 0.00767. The van der Waals surface area contributed by atoms with Crippen molar-refractivity contribution in [3.05, 3.63) is 0 Å². The number of carbonyl (C=O) groups is 4. The van der Waals surface area contributed by atoms with E-state index in [-0.39, 0.29) is 13.2 Å². The number of hydrogen-bond donors (Lipinski definition) is 7. The maximum absolute atomic E-state index is 9.00. The summed E-state index contributed by atoms with van der Waals surface area (Å²) in [6.45, 7) is 8.63. The Labute approximate surface area is 181 Å². The van der Waals surface area contributed by atoms with Crippen LogP contribution < -0.4 is 11.5 Å². The fourth-order valence-electron chi connectivity index (χ4n) is 0.387. The zero-order chi connectivity index (χ0) is 25.5. The number of aliphatic carboxylic acids is 4. The summed E-state index contributed by atoms with van der Waals surface area (Å²) in [4.78, 5) is 36.0. The van der Waals surface area contributed by atoms with Crippen LogP contribution in [0.4, 0.5) is 0 Å². The molecule has 13 nitrogen and oxygen atoms in total. The largest absolute Gasteiger partial charge is 0.482 e. The third kappa shape index (κ3) is 355. The Morgan fingerprint density at radius 3 is 1.23 bits per heavy atom. The second kappa shape index (κ2) is 41.1. The van der Waals surface area contributed by atoms with Gasteiger partial charge in [0.1, 0.15) is 13.2 Å². The predicted octanol–water partition coefficient (Wildman–Crippen LogP) is -0.373. The van der Waals surface area contributed by atoms with Crippen molar-refractivity contribution in [2.24, 2.45) is 11.5 Å². The van der Waals surface area contributed by atoms with E-state index in [4.69, 9.17) is 77.9 Å². The Hall–Kier alpha value is -2.39. The van der Waals surface area contributed by atoms with Gasteiger partial charge in [-0.1, -0.05) is 0 Å². The number of aliphatic hydroxyl groups excluding tert-OH is 1. The number of carboxylic acids is 4. The first kappa shape index (κ1) is 41.9. The smallest absolute Gasteiger partial charge is 0.300 e. The standard InChI is InChI=1S/C6H12O3S.C2H8N2.4C2H4O2/c1-2-8-5-6(10)9-4-3-7;3-1-2-4;4*1-2(3)4/h7H,2-5H2,1H3;1-4H2;4*1H3,(H,3,4). The SMILES string of the molecule is CC(=O)O.CC(=O)O.CC(=O)O.CC(=O)O.CCOCC(=S)OCCO.NCCN. The molecule has 14 heteroatoms. The Balaban J connectivity index is -0.0000000616. The van der Waals surface area contributed by atoms with Crippen LogP contribution in [0.5, 0.6) is 0 Å². The van der Waals surface area contributed by atoms with E-state index in [1.165, 1.54) is 0 Å². The van der Waals surface area contributed by atoms with Crippen LogP contribution in [0.1, 0.15) is 34.6 Å². The summed E-state index contributed by atoms with van der Waals surface area (Å²) in [5.74, 6) is -3.33. The summed E-state index contributed by atoms with van der Waals surface area (Å²) in [6.07, 6.45) is 0. The molecule has 0 atom stereocenters. The van der Waals surface area contributed by atoms with Crippen molar-refractivity contribution in [2.45, 2.75) is 34.6 Å². The molecule has 0 aliphatic rings. The molecule has 0 aromatic carbocycles. The average Bonchev–Trinajstić information content (AvgIpc) is 2.56. The highest BCUT2D eigenvalue weighted by atomic mass is 32.1. The first-order valence-electron chi connectivity index (χ1n) is 8.18. The molecule has 0 aromatic heterocycles. The maximum atomic E-state index is 9.00. The summed E-state index contributed by atoms with van der Waals surface area (Å²) in [5, 5.41) is 38.4. The summed E-state index contributed by atoms with van der Waals surface area (Å²) in [7, 11) is 0. The van der Waals surface area contributed by atoms with Gasteiger partial charge in [-0.25, -0.2) is 0 Å². The molecule has 0 aliphatic heterocycles. The molecular formula is C16H36N2O11S. The highest BCUT2D eigenvalue weighted by molar-refractivity contribution is 7.80. The van der Waals surface area contributed by atoms with Crippen LogP contribution in [0.15, 0.2) is 0 Å². The van der Waals surface area contributed by atoms with Gasteiger partial charge in [0.05, 0.1) is 6.61 Å². The summed E-state index contributed by atoms with van der Waals surface area (Å²) in [6, 6.07) is 0. The van der Waals surface area contributed by atoms with Gasteiger partial charge in [0, 0.05) is 47.4 Å². The molecule has 30 heavy (non-hydrogen) atoms. The molecule has 0 rings (SSSR count). The van der Waals surface area contributed by atoms with Gasteiger partial charge in [-0.05, 0) is 19.1 Å². The summed E-state index contributed by atoms with van der Waals surface area (Å²) >= 11 is 4.73. The van der Waals surface area contributed by atoms with E-state index in [0.29, 0.717) is 31.4 Å². The number of hydrogen-bond acceptors (Lipinski definition) is 10. The van der Waals surface area contributed by atoms with Gasteiger partial charge in [0.2, 0.25) is 0 Å². The van der Waals surface area contributed by atoms with Gasteiger partial charge in [-0.15, -0.1) is 0 Å². The van der Waals surface area contributed by atoms with E-state index in [2.05, 4.69) is 0 Å². The molecule has 0 bridgehead atoms. The monoisotopic (exact) mass is 464 g/mol. The van der Waals surface area contributed by atoms with Crippen LogP contribution in [0.25, 0.3) is 0 Å². The Morgan fingerprint density at radius 1 is 0.800 bits per heavy atom. The second-order valence-electron chi connectivity index (χ2n) is 4.23. The maximum Gasteiger partial charge on any atom is 0.300 e. The lowest BCUT2D eigenvalue weighted by molar-refractivity contribution is -0.135. The Bertz CT molecular complexity index is 346. The average molecular weight is 465 g/mol. The summed E-state index contributed by atoms with van der Waals surface area (Å²) < 4.78 is 9.79. The molecule has 0 radical (unpaired) electrons. The molecule has 0 spiro atoms. The van der Waals surface area contributed by atoms with Crippen molar-refractivity contribution in [1.29, 1.82) is 0 Å². The van der Waals surface area contributed by atoms with Crippen LogP contribution in [-0.2, 0) is 28.7 Å². The summed E-state index contributed by atoms with van der Waals surface area (Å²) in [5.41, 5.74) is 9.81. The quantitative estimate of drug-likeness (QED) is 0.248. The molecule has 0 saturated heterocycles. The number of nitrogens with two attached hydrogens (primary N) is 2. The zero-order valence-corrected chi connectivity index (χ0v) is 18.8. The molecule has 0 saturated carbocycles. The Morgan fingerprint density at radius 2 is 1.07 bits per heavy atom. The molecule has 9 N–H and O–H groups in total. The number of carboxylic acid groups (broad SMARTS) is 4.